The molecule has 6 nitrogen and oxygen atoms in total. The van der Waals surface area contributed by atoms with Crippen LogP contribution < -0.4 is 10.6 Å². The van der Waals surface area contributed by atoms with Crippen LogP contribution in [0, 0.1) is 18.7 Å². The molecule has 0 saturated heterocycles. The fourth-order valence-electron chi connectivity index (χ4n) is 3.23. The van der Waals surface area contributed by atoms with E-state index in [0.29, 0.717) is 18.2 Å². The molecule has 1 aliphatic rings. The lowest BCUT2D eigenvalue weighted by molar-refractivity contribution is 0.391. The Balaban J connectivity index is 1.35. The van der Waals surface area contributed by atoms with E-state index in [-0.39, 0.29) is 5.82 Å². The van der Waals surface area contributed by atoms with E-state index in [2.05, 4.69) is 20.7 Å². The van der Waals surface area contributed by atoms with E-state index in [0.717, 1.165) is 36.8 Å². The lowest BCUT2D eigenvalue weighted by atomic mass is 10.1. The molecule has 0 saturated carbocycles. The number of nitrogens with zero attached hydrogens (tertiary/aromatic N) is 4. The Morgan fingerprint density at radius 3 is 3.04 bits per heavy atom. The zero-order valence-electron chi connectivity index (χ0n) is 14.1. The van der Waals surface area contributed by atoms with Gasteiger partial charge in [-0.15, -0.1) is 0 Å². The number of fused-ring (bicyclic) bond motifs is 1. The van der Waals surface area contributed by atoms with Crippen molar-refractivity contribution in [2.24, 2.45) is 5.92 Å². The number of hydrogen-bond donors (Lipinski definition) is 2. The van der Waals surface area contributed by atoms with Gasteiger partial charge in [-0.25, -0.2) is 14.1 Å². The zero-order chi connectivity index (χ0) is 17.2. The molecular weight excluding hydrogens is 319 g/mol. The van der Waals surface area contributed by atoms with Crippen LogP contribution in [0.4, 0.5) is 10.2 Å². The summed E-state index contributed by atoms with van der Waals surface area (Å²) in [7, 11) is 0. The molecule has 3 heterocycles. The standard InChI is InChI=1S/C18H21FN6/c1-13-21-6-7-24(13)17-3-2-14(8-16(17)19)9-20-10-15-11-22-18-4-5-23-25(18)12-15/h2-8,15,20,22H,9-12H2,1H3/t15-/m0/s1. The van der Waals surface area contributed by atoms with Gasteiger partial charge in [0, 0.05) is 50.6 Å². The summed E-state index contributed by atoms with van der Waals surface area (Å²) in [6, 6.07) is 7.33. The van der Waals surface area contributed by atoms with Crippen molar-refractivity contribution in [2.45, 2.75) is 20.0 Å². The molecule has 2 N–H and O–H groups in total. The van der Waals surface area contributed by atoms with Crippen LogP contribution in [0.1, 0.15) is 11.4 Å². The highest BCUT2D eigenvalue weighted by Gasteiger charge is 2.17. The molecule has 7 heteroatoms. The summed E-state index contributed by atoms with van der Waals surface area (Å²) in [5, 5.41) is 11.1. The predicted octanol–water partition coefficient (Wildman–Crippen LogP) is 2.35. The predicted molar refractivity (Wildman–Crippen MR) is 94.2 cm³/mol. The summed E-state index contributed by atoms with van der Waals surface area (Å²) >= 11 is 0. The van der Waals surface area contributed by atoms with Gasteiger partial charge >= 0.3 is 0 Å². The molecule has 25 heavy (non-hydrogen) atoms. The van der Waals surface area contributed by atoms with Crippen LogP contribution in [0.3, 0.4) is 0 Å². The van der Waals surface area contributed by atoms with Crippen LogP contribution >= 0.6 is 0 Å². The molecule has 3 aromatic rings. The summed E-state index contributed by atoms with van der Waals surface area (Å²) in [6.07, 6.45) is 5.25. The first-order valence-corrected chi connectivity index (χ1v) is 8.46. The second-order valence-electron chi connectivity index (χ2n) is 6.41. The van der Waals surface area contributed by atoms with Gasteiger partial charge in [-0.1, -0.05) is 6.07 Å². The van der Waals surface area contributed by atoms with E-state index in [9.17, 15) is 4.39 Å². The summed E-state index contributed by atoms with van der Waals surface area (Å²) in [6.45, 7) is 5.18. The van der Waals surface area contributed by atoms with E-state index in [4.69, 9.17) is 0 Å². The van der Waals surface area contributed by atoms with Gasteiger partial charge in [0.2, 0.25) is 0 Å². The number of anilines is 1. The normalized spacial score (nSPS) is 16.5. The molecule has 0 aliphatic carbocycles. The third kappa shape index (κ3) is 3.28. The van der Waals surface area contributed by atoms with Gasteiger partial charge in [-0.2, -0.15) is 5.10 Å². The van der Waals surface area contributed by atoms with Crippen LogP contribution in [-0.2, 0) is 13.1 Å². The van der Waals surface area contributed by atoms with Gasteiger partial charge in [0.1, 0.15) is 17.5 Å². The first-order valence-electron chi connectivity index (χ1n) is 8.46. The molecule has 2 aromatic heterocycles. The van der Waals surface area contributed by atoms with E-state index in [1.807, 2.05) is 29.9 Å². The third-order valence-corrected chi connectivity index (χ3v) is 4.58. The Labute approximate surface area is 145 Å². The molecule has 0 unspecified atom stereocenters. The van der Waals surface area contributed by atoms with E-state index in [1.165, 1.54) is 0 Å². The van der Waals surface area contributed by atoms with Crippen molar-refractivity contribution < 1.29 is 4.39 Å². The van der Waals surface area contributed by atoms with Crippen molar-refractivity contribution in [3.63, 3.8) is 0 Å². The lowest BCUT2D eigenvalue weighted by Crippen LogP contribution is -2.35. The quantitative estimate of drug-likeness (QED) is 0.748. The van der Waals surface area contributed by atoms with Crippen LogP contribution in [-0.4, -0.2) is 32.4 Å². The summed E-state index contributed by atoms with van der Waals surface area (Å²) in [5.41, 5.74) is 1.46. The molecule has 4 rings (SSSR count). The molecule has 0 fully saturated rings. The summed E-state index contributed by atoms with van der Waals surface area (Å²) in [4.78, 5) is 4.14. The molecule has 0 amide bonds. The highest BCUT2D eigenvalue weighted by atomic mass is 19.1. The molecule has 1 atom stereocenters. The summed E-state index contributed by atoms with van der Waals surface area (Å²) < 4.78 is 18.1. The van der Waals surface area contributed by atoms with Crippen molar-refractivity contribution in [2.75, 3.05) is 18.4 Å². The van der Waals surface area contributed by atoms with Crippen LogP contribution in [0.25, 0.3) is 5.69 Å². The Kier molecular flexibility index (Phi) is 4.23. The van der Waals surface area contributed by atoms with Crippen molar-refractivity contribution >= 4 is 5.82 Å². The molecule has 0 bridgehead atoms. The van der Waals surface area contributed by atoms with Gasteiger partial charge < -0.3 is 15.2 Å². The number of benzene rings is 1. The van der Waals surface area contributed by atoms with Crippen LogP contribution in [0.15, 0.2) is 42.9 Å². The van der Waals surface area contributed by atoms with Gasteiger partial charge in [-0.05, 0) is 24.6 Å². The van der Waals surface area contributed by atoms with Gasteiger partial charge in [0.05, 0.1) is 11.9 Å². The highest BCUT2D eigenvalue weighted by molar-refractivity contribution is 5.38. The maximum absolute atomic E-state index is 14.4. The molecule has 0 spiro atoms. The fourth-order valence-corrected chi connectivity index (χ4v) is 3.23. The molecular formula is C18H21FN6. The average molecular weight is 340 g/mol. The Morgan fingerprint density at radius 1 is 1.32 bits per heavy atom. The topological polar surface area (TPSA) is 59.7 Å². The SMILES string of the molecule is Cc1nccn1-c1ccc(CNC[C@H]2CNc3ccnn3C2)cc1F. The number of aryl methyl sites for hydroxylation is 1. The number of halogens is 1. The Bertz CT molecular complexity index is 868. The van der Waals surface area contributed by atoms with Gasteiger partial charge in [0.25, 0.3) is 0 Å². The van der Waals surface area contributed by atoms with E-state index >= 15 is 0 Å². The second-order valence-corrected chi connectivity index (χ2v) is 6.41. The minimum atomic E-state index is -0.235. The minimum absolute atomic E-state index is 0.235. The Hall–Kier alpha value is -2.67. The zero-order valence-corrected chi connectivity index (χ0v) is 14.1. The van der Waals surface area contributed by atoms with Gasteiger partial charge in [0.15, 0.2) is 0 Å². The fraction of sp³-hybridized carbons (Fsp3) is 0.333. The monoisotopic (exact) mass is 340 g/mol. The van der Waals surface area contributed by atoms with E-state index < -0.39 is 0 Å². The van der Waals surface area contributed by atoms with Crippen molar-refractivity contribution in [1.82, 2.24) is 24.6 Å². The number of nitrogens with one attached hydrogen (secondary N) is 2. The molecule has 1 aromatic carbocycles. The molecule has 130 valence electrons. The minimum Gasteiger partial charge on any atom is -0.370 e. The number of aromatic nitrogens is 4. The Morgan fingerprint density at radius 2 is 2.24 bits per heavy atom. The summed E-state index contributed by atoms with van der Waals surface area (Å²) in [5.74, 6) is 2.07. The van der Waals surface area contributed by atoms with E-state index in [1.54, 1.807) is 29.1 Å². The second kappa shape index (κ2) is 6.68. The smallest absolute Gasteiger partial charge is 0.147 e. The highest BCUT2D eigenvalue weighted by Crippen LogP contribution is 2.18. The lowest BCUT2D eigenvalue weighted by Gasteiger charge is -2.25. The van der Waals surface area contributed by atoms with Crippen LogP contribution in [0.5, 0.6) is 0 Å². The van der Waals surface area contributed by atoms with Crippen molar-refractivity contribution in [3.05, 3.63) is 60.1 Å². The first-order chi connectivity index (χ1) is 12.2. The van der Waals surface area contributed by atoms with Crippen molar-refractivity contribution in [1.29, 1.82) is 0 Å². The maximum atomic E-state index is 14.4. The van der Waals surface area contributed by atoms with Gasteiger partial charge in [-0.3, -0.25) is 0 Å². The third-order valence-electron chi connectivity index (χ3n) is 4.58. The number of hydrogen-bond acceptors (Lipinski definition) is 4. The maximum Gasteiger partial charge on any atom is 0.147 e. The van der Waals surface area contributed by atoms with Crippen molar-refractivity contribution in [3.8, 4) is 5.69 Å². The largest absolute Gasteiger partial charge is 0.370 e. The number of rotatable bonds is 5. The molecule has 1 aliphatic heterocycles. The number of imidazole rings is 1. The first kappa shape index (κ1) is 15.8. The molecule has 0 radical (unpaired) electrons. The average Bonchev–Trinajstić information content (AvgIpc) is 3.23. The van der Waals surface area contributed by atoms with Crippen LogP contribution in [0.2, 0.25) is 0 Å².